The van der Waals surface area contributed by atoms with Gasteiger partial charge in [0.1, 0.15) is 5.75 Å². The van der Waals surface area contributed by atoms with Crippen molar-refractivity contribution in [2.75, 3.05) is 19.6 Å². The SMILES string of the molecule is NC[C@@H]1CCN(C(=O)c2cc(Cl)ccc2OC2CCCC2)C1. The van der Waals surface area contributed by atoms with Gasteiger partial charge in [0.05, 0.1) is 11.7 Å². The summed E-state index contributed by atoms with van der Waals surface area (Å²) in [6.45, 7) is 2.12. The first-order valence-electron chi connectivity index (χ1n) is 8.13. The van der Waals surface area contributed by atoms with E-state index in [2.05, 4.69) is 0 Å². The number of halogens is 1. The number of nitrogens with two attached hydrogens (primary N) is 1. The predicted molar refractivity (Wildman–Crippen MR) is 87.4 cm³/mol. The van der Waals surface area contributed by atoms with Crippen LogP contribution in [-0.4, -0.2) is 36.5 Å². The molecule has 0 unspecified atom stereocenters. The summed E-state index contributed by atoms with van der Waals surface area (Å²) in [5.41, 5.74) is 6.29. The smallest absolute Gasteiger partial charge is 0.257 e. The Labute approximate surface area is 136 Å². The Morgan fingerprint density at radius 1 is 1.32 bits per heavy atom. The zero-order valence-electron chi connectivity index (χ0n) is 12.8. The standard InChI is InChI=1S/C17H23ClN2O2/c18-13-5-6-16(22-14-3-1-2-4-14)15(9-13)17(21)20-8-7-12(10-19)11-20/h5-6,9,12,14H,1-4,7-8,10-11,19H2/t12-/m0/s1. The van der Waals surface area contributed by atoms with Crippen LogP contribution in [0.2, 0.25) is 5.02 Å². The topological polar surface area (TPSA) is 55.6 Å². The lowest BCUT2D eigenvalue weighted by Crippen LogP contribution is -2.30. The van der Waals surface area contributed by atoms with Gasteiger partial charge in [-0.2, -0.15) is 0 Å². The fraction of sp³-hybridized carbons (Fsp3) is 0.588. The molecule has 4 nitrogen and oxygen atoms in total. The van der Waals surface area contributed by atoms with Gasteiger partial charge in [-0.05, 0) is 62.8 Å². The number of carbonyl (C=O) groups is 1. The van der Waals surface area contributed by atoms with Crippen LogP contribution in [-0.2, 0) is 0 Å². The van der Waals surface area contributed by atoms with Crippen LogP contribution < -0.4 is 10.5 Å². The molecular weight excluding hydrogens is 300 g/mol. The Morgan fingerprint density at radius 2 is 2.09 bits per heavy atom. The van der Waals surface area contributed by atoms with E-state index in [1.165, 1.54) is 12.8 Å². The van der Waals surface area contributed by atoms with E-state index in [1.54, 1.807) is 12.1 Å². The van der Waals surface area contributed by atoms with Gasteiger partial charge in [0.25, 0.3) is 5.91 Å². The fourth-order valence-corrected chi connectivity index (χ4v) is 3.51. The maximum absolute atomic E-state index is 12.8. The molecule has 2 fully saturated rings. The summed E-state index contributed by atoms with van der Waals surface area (Å²) in [6, 6.07) is 5.34. The lowest BCUT2D eigenvalue weighted by atomic mass is 10.1. The number of nitrogens with zero attached hydrogens (tertiary/aromatic N) is 1. The van der Waals surface area contributed by atoms with E-state index in [0.717, 1.165) is 32.4 Å². The van der Waals surface area contributed by atoms with Crippen molar-refractivity contribution in [2.45, 2.75) is 38.2 Å². The molecule has 1 aromatic rings. The van der Waals surface area contributed by atoms with Gasteiger partial charge in [-0.1, -0.05) is 11.6 Å². The summed E-state index contributed by atoms with van der Waals surface area (Å²) in [7, 11) is 0. The number of carbonyl (C=O) groups excluding carboxylic acids is 1. The molecule has 22 heavy (non-hydrogen) atoms. The number of ether oxygens (including phenoxy) is 1. The van der Waals surface area contributed by atoms with Gasteiger partial charge in [0.2, 0.25) is 0 Å². The second-order valence-electron chi connectivity index (χ2n) is 6.31. The zero-order chi connectivity index (χ0) is 15.5. The average molecular weight is 323 g/mol. The predicted octanol–water partition coefficient (Wildman–Crippen LogP) is 3.08. The van der Waals surface area contributed by atoms with Crippen LogP contribution in [0.5, 0.6) is 5.75 Å². The molecule has 1 aromatic carbocycles. The summed E-state index contributed by atoms with van der Waals surface area (Å²) < 4.78 is 6.06. The Balaban J connectivity index is 1.78. The van der Waals surface area contributed by atoms with Crippen molar-refractivity contribution < 1.29 is 9.53 Å². The second-order valence-corrected chi connectivity index (χ2v) is 6.74. The highest BCUT2D eigenvalue weighted by Gasteiger charge is 2.28. The molecule has 1 saturated heterocycles. The Kier molecular flexibility index (Phi) is 4.89. The van der Waals surface area contributed by atoms with E-state index < -0.39 is 0 Å². The van der Waals surface area contributed by atoms with Crippen molar-refractivity contribution in [3.8, 4) is 5.75 Å². The maximum atomic E-state index is 12.8. The van der Waals surface area contributed by atoms with Crippen molar-refractivity contribution in [3.63, 3.8) is 0 Å². The molecule has 1 aliphatic carbocycles. The monoisotopic (exact) mass is 322 g/mol. The van der Waals surface area contributed by atoms with Crippen molar-refractivity contribution in [2.24, 2.45) is 11.7 Å². The highest BCUT2D eigenvalue weighted by Crippen LogP contribution is 2.30. The molecule has 0 spiro atoms. The van der Waals surface area contributed by atoms with E-state index in [4.69, 9.17) is 22.1 Å². The lowest BCUT2D eigenvalue weighted by Gasteiger charge is -2.21. The minimum atomic E-state index is 0.00597. The van der Waals surface area contributed by atoms with Crippen molar-refractivity contribution in [3.05, 3.63) is 28.8 Å². The largest absolute Gasteiger partial charge is 0.490 e. The molecule has 2 aliphatic rings. The minimum absolute atomic E-state index is 0.00597. The van der Waals surface area contributed by atoms with E-state index >= 15 is 0 Å². The fourth-order valence-electron chi connectivity index (χ4n) is 3.34. The Morgan fingerprint density at radius 3 is 2.77 bits per heavy atom. The van der Waals surface area contributed by atoms with Crippen LogP contribution in [0.25, 0.3) is 0 Å². The molecule has 0 bridgehead atoms. The van der Waals surface area contributed by atoms with Crippen LogP contribution in [0.4, 0.5) is 0 Å². The van der Waals surface area contributed by atoms with E-state index in [0.29, 0.717) is 28.8 Å². The van der Waals surface area contributed by atoms with Crippen LogP contribution in [0.3, 0.4) is 0 Å². The second kappa shape index (κ2) is 6.88. The van der Waals surface area contributed by atoms with E-state index in [9.17, 15) is 4.79 Å². The van der Waals surface area contributed by atoms with Crippen LogP contribution in [0.15, 0.2) is 18.2 Å². The molecular formula is C17H23ClN2O2. The Bertz CT molecular complexity index is 543. The highest BCUT2D eigenvalue weighted by atomic mass is 35.5. The quantitative estimate of drug-likeness (QED) is 0.926. The van der Waals surface area contributed by atoms with Gasteiger partial charge in [0, 0.05) is 18.1 Å². The van der Waals surface area contributed by atoms with Crippen molar-refractivity contribution in [1.82, 2.24) is 4.90 Å². The van der Waals surface area contributed by atoms with E-state index in [1.807, 2.05) is 11.0 Å². The highest BCUT2D eigenvalue weighted by molar-refractivity contribution is 6.31. The molecule has 1 heterocycles. The number of hydrogen-bond acceptors (Lipinski definition) is 3. The number of likely N-dealkylation sites (tertiary alicyclic amines) is 1. The molecule has 3 rings (SSSR count). The normalized spacial score (nSPS) is 22.3. The number of hydrogen-bond donors (Lipinski definition) is 1. The van der Waals surface area contributed by atoms with Gasteiger partial charge in [-0.3, -0.25) is 4.79 Å². The summed E-state index contributed by atoms with van der Waals surface area (Å²) in [5, 5.41) is 0.566. The van der Waals surface area contributed by atoms with Crippen LogP contribution in [0, 0.1) is 5.92 Å². The van der Waals surface area contributed by atoms with Gasteiger partial charge in [-0.15, -0.1) is 0 Å². The molecule has 2 N–H and O–H groups in total. The summed E-state index contributed by atoms with van der Waals surface area (Å²) in [5.74, 6) is 1.08. The van der Waals surface area contributed by atoms with Gasteiger partial charge >= 0.3 is 0 Å². The molecule has 1 aliphatic heterocycles. The molecule has 1 saturated carbocycles. The first kappa shape index (κ1) is 15.6. The third kappa shape index (κ3) is 3.39. The maximum Gasteiger partial charge on any atom is 0.257 e. The molecule has 0 aromatic heterocycles. The third-order valence-electron chi connectivity index (χ3n) is 4.67. The average Bonchev–Trinajstić information content (AvgIpc) is 3.19. The van der Waals surface area contributed by atoms with E-state index in [-0.39, 0.29) is 12.0 Å². The van der Waals surface area contributed by atoms with Gasteiger partial charge < -0.3 is 15.4 Å². The van der Waals surface area contributed by atoms with Crippen LogP contribution >= 0.6 is 11.6 Å². The Hall–Kier alpha value is -1.26. The minimum Gasteiger partial charge on any atom is -0.490 e. The molecule has 0 radical (unpaired) electrons. The van der Waals surface area contributed by atoms with Crippen molar-refractivity contribution in [1.29, 1.82) is 0 Å². The summed E-state index contributed by atoms with van der Waals surface area (Å²) >= 11 is 6.09. The first-order chi connectivity index (χ1) is 10.7. The number of rotatable bonds is 4. The summed E-state index contributed by atoms with van der Waals surface area (Å²) in [6.07, 6.45) is 5.73. The van der Waals surface area contributed by atoms with Crippen LogP contribution in [0.1, 0.15) is 42.5 Å². The molecule has 5 heteroatoms. The molecule has 1 atom stereocenters. The van der Waals surface area contributed by atoms with Crippen molar-refractivity contribution >= 4 is 17.5 Å². The number of amides is 1. The molecule has 1 amide bonds. The third-order valence-corrected chi connectivity index (χ3v) is 4.91. The molecule has 120 valence electrons. The van der Waals surface area contributed by atoms with Gasteiger partial charge in [0.15, 0.2) is 0 Å². The summed E-state index contributed by atoms with van der Waals surface area (Å²) in [4.78, 5) is 14.7. The first-order valence-corrected chi connectivity index (χ1v) is 8.50. The zero-order valence-corrected chi connectivity index (χ0v) is 13.5. The van der Waals surface area contributed by atoms with Gasteiger partial charge in [-0.25, -0.2) is 0 Å². The number of benzene rings is 1. The lowest BCUT2D eigenvalue weighted by molar-refractivity contribution is 0.0780.